The van der Waals surface area contributed by atoms with Gasteiger partial charge in [0.25, 0.3) is 0 Å². The van der Waals surface area contributed by atoms with Gasteiger partial charge in [-0.2, -0.15) is 0 Å². The van der Waals surface area contributed by atoms with Gasteiger partial charge in [-0.1, -0.05) is 46.0 Å². The van der Waals surface area contributed by atoms with E-state index in [0.29, 0.717) is 12.0 Å². The molecule has 15 heavy (non-hydrogen) atoms. The fourth-order valence-corrected chi connectivity index (χ4v) is 1.79. The molecule has 2 atom stereocenters. The van der Waals surface area contributed by atoms with Gasteiger partial charge in [-0.05, 0) is 18.8 Å². The van der Waals surface area contributed by atoms with Crippen molar-refractivity contribution in [3.63, 3.8) is 0 Å². The second-order valence-electron chi connectivity index (χ2n) is 4.63. The van der Waals surface area contributed by atoms with Crippen LogP contribution in [0.2, 0.25) is 0 Å². The van der Waals surface area contributed by atoms with Crippen molar-refractivity contribution in [1.29, 1.82) is 0 Å². The van der Waals surface area contributed by atoms with Gasteiger partial charge in [0.05, 0.1) is 0 Å². The quantitative estimate of drug-likeness (QED) is 0.567. The Morgan fingerprint density at radius 1 is 1.07 bits per heavy atom. The van der Waals surface area contributed by atoms with Crippen LogP contribution >= 0.6 is 0 Å². The molecule has 0 saturated carbocycles. The Morgan fingerprint density at radius 3 is 2.33 bits per heavy atom. The predicted molar refractivity (Wildman–Crippen MR) is 67.0 cm³/mol. The molecule has 0 aliphatic rings. The molecule has 0 spiro atoms. The summed E-state index contributed by atoms with van der Waals surface area (Å²) in [6.45, 7) is 5.32. The van der Waals surface area contributed by atoms with Crippen LogP contribution in [0.5, 0.6) is 0 Å². The Labute approximate surface area is 95.6 Å². The maximum atomic E-state index is 6.12. The number of rotatable bonds is 10. The van der Waals surface area contributed by atoms with Gasteiger partial charge in [-0.25, -0.2) is 0 Å². The van der Waals surface area contributed by atoms with Gasteiger partial charge in [0.2, 0.25) is 0 Å². The highest BCUT2D eigenvalue weighted by molar-refractivity contribution is 4.69. The Balaban J connectivity index is 3.34. The van der Waals surface area contributed by atoms with Gasteiger partial charge >= 0.3 is 0 Å². The van der Waals surface area contributed by atoms with E-state index in [1.54, 1.807) is 7.11 Å². The maximum Gasteiger partial charge on any atom is 0.0465 e. The minimum absolute atomic E-state index is 0.363. The molecule has 0 saturated heterocycles. The molecule has 92 valence electrons. The van der Waals surface area contributed by atoms with E-state index in [0.717, 1.165) is 13.0 Å². The van der Waals surface area contributed by atoms with Crippen molar-refractivity contribution in [2.45, 2.75) is 64.8 Å². The third kappa shape index (κ3) is 8.88. The Morgan fingerprint density at radius 2 is 1.73 bits per heavy atom. The van der Waals surface area contributed by atoms with Crippen molar-refractivity contribution in [2.75, 3.05) is 13.7 Å². The van der Waals surface area contributed by atoms with Gasteiger partial charge in [-0.3, -0.25) is 0 Å². The van der Waals surface area contributed by atoms with E-state index in [-0.39, 0.29) is 0 Å². The van der Waals surface area contributed by atoms with E-state index in [1.807, 2.05) is 0 Å². The fourth-order valence-electron chi connectivity index (χ4n) is 1.79. The SMILES string of the molecule is CCCCCCCC(N)C(C)CCOC. The number of ether oxygens (including phenoxy) is 1. The third-order valence-corrected chi connectivity index (χ3v) is 3.15. The highest BCUT2D eigenvalue weighted by Crippen LogP contribution is 2.13. The molecule has 0 heterocycles. The van der Waals surface area contributed by atoms with E-state index >= 15 is 0 Å². The van der Waals surface area contributed by atoms with E-state index in [2.05, 4.69) is 13.8 Å². The van der Waals surface area contributed by atoms with Crippen molar-refractivity contribution in [2.24, 2.45) is 11.7 Å². The van der Waals surface area contributed by atoms with Crippen LogP contribution < -0.4 is 5.73 Å². The standard InChI is InChI=1S/C13H29NO/c1-4-5-6-7-8-9-13(14)12(2)10-11-15-3/h12-13H,4-11,14H2,1-3H3. The van der Waals surface area contributed by atoms with Crippen LogP contribution in [0.4, 0.5) is 0 Å². The van der Waals surface area contributed by atoms with Gasteiger partial charge < -0.3 is 10.5 Å². The van der Waals surface area contributed by atoms with Crippen molar-refractivity contribution >= 4 is 0 Å². The number of hydrogen-bond acceptors (Lipinski definition) is 2. The molecular weight excluding hydrogens is 186 g/mol. The van der Waals surface area contributed by atoms with Crippen LogP contribution in [-0.4, -0.2) is 19.8 Å². The zero-order valence-corrected chi connectivity index (χ0v) is 10.8. The topological polar surface area (TPSA) is 35.2 Å². The number of nitrogens with two attached hydrogens (primary N) is 1. The number of hydrogen-bond donors (Lipinski definition) is 1. The molecule has 0 bridgehead atoms. The molecule has 2 N–H and O–H groups in total. The molecular formula is C13H29NO. The lowest BCUT2D eigenvalue weighted by molar-refractivity contribution is 0.173. The van der Waals surface area contributed by atoms with Gasteiger partial charge in [-0.15, -0.1) is 0 Å². The minimum atomic E-state index is 0.363. The molecule has 0 aromatic heterocycles. The van der Waals surface area contributed by atoms with Gasteiger partial charge in [0.15, 0.2) is 0 Å². The Hall–Kier alpha value is -0.0800. The summed E-state index contributed by atoms with van der Waals surface area (Å²) < 4.78 is 5.06. The average Bonchev–Trinajstić information content (AvgIpc) is 2.25. The van der Waals surface area contributed by atoms with E-state index in [4.69, 9.17) is 10.5 Å². The predicted octanol–water partition coefficient (Wildman–Crippen LogP) is 3.35. The zero-order valence-electron chi connectivity index (χ0n) is 10.8. The van der Waals surface area contributed by atoms with Crippen molar-refractivity contribution in [3.8, 4) is 0 Å². The molecule has 0 aliphatic heterocycles. The van der Waals surface area contributed by atoms with Gasteiger partial charge in [0, 0.05) is 19.8 Å². The monoisotopic (exact) mass is 215 g/mol. The van der Waals surface area contributed by atoms with E-state index < -0.39 is 0 Å². The second-order valence-corrected chi connectivity index (χ2v) is 4.63. The molecule has 2 nitrogen and oxygen atoms in total. The highest BCUT2D eigenvalue weighted by Gasteiger charge is 2.11. The Kier molecular flexibility index (Phi) is 10.4. The number of unbranched alkanes of at least 4 members (excludes halogenated alkanes) is 4. The summed E-state index contributed by atoms with van der Waals surface area (Å²) in [5.41, 5.74) is 6.12. The highest BCUT2D eigenvalue weighted by atomic mass is 16.5. The first kappa shape index (κ1) is 14.9. The largest absolute Gasteiger partial charge is 0.385 e. The van der Waals surface area contributed by atoms with Crippen molar-refractivity contribution in [3.05, 3.63) is 0 Å². The molecule has 0 rings (SSSR count). The first-order valence-electron chi connectivity index (χ1n) is 6.46. The Bertz CT molecular complexity index is 128. The van der Waals surface area contributed by atoms with E-state index in [9.17, 15) is 0 Å². The smallest absolute Gasteiger partial charge is 0.0465 e. The lowest BCUT2D eigenvalue weighted by Crippen LogP contribution is -2.28. The molecule has 0 aromatic carbocycles. The van der Waals surface area contributed by atoms with Gasteiger partial charge in [0.1, 0.15) is 0 Å². The minimum Gasteiger partial charge on any atom is -0.385 e. The van der Waals surface area contributed by atoms with Crippen LogP contribution in [0, 0.1) is 5.92 Å². The molecule has 0 aromatic rings. The van der Waals surface area contributed by atoms with E-state index in [1.165, 1.54) is 38.5 Å². The van der Waals surface area contributed by atoms with Crippen molar-refractivity contribution in [1.82, 2.24) is 0 Å². The first-order valence-corrected chi connectivity index (χ1v) is 6.46. The molecule has 0 amide bonds. The molecule has 0 radical (unpaired) electrons. The summed E-state index contributed by atoms with van der Waals surface area (Å²) in [6.07, 6.45) is 8.96. The maximum absolute atomic E-state index is 6.12. The summed E-state index contributed by atoms with van der Waals surface area (Å²) in [5, 5.41) is 0. The number of methoxy groups -OCH3 is 1. The second kappa shape index (κ2) is 10.4. The summed E-state index contributed by atoms with van der Waals surface area (Å²) >= 11 is 0. The lowest BCUT2D eigenvalue weighted by atomic mass is 9.94. The van der Waals surface area contributed by atoms with Crippen molar-refractivity contribution < 1.29 is 4.74 Å². The van der Waals surface area contributed by atoms with Crippen LogP contribution in [-0.2, 0) is 4.74 Å². The fraction of sp³-hybridized carbons (Fsp3) is 1.00. The first-order chi connectivity index (χ1) is 7.22. The molecule has 2 heteroatoms. The third-order valence-electron chi connectivity index (χ3n) is 3.15. The average molecular weight is 215 g/mol. The van der Waals surface area contributed by atoms with Crippen LogP contribution in [0.1, 0.15) is 58.8 Å². The summed E-state index contributed by atoms with van der Waals surface area (Å²) in [5.74, 6) is 0.594. The summed E-state index contributed by atoms with van der Waals surface area (Å²) in [7, 11) is 1.75. The lowest BCUT2D eigenvalue weighted by Gasteiger charge is -2.19. The molecule has 2 unspecified atom stereocenters. The van der Waals surface area contributed by atoms with Crippen LogP contribution in [0.15, 0.2) is 0 Å². The molecule has 0 fully saturated rings. The van der Waals surface area contributed by atoms with Crippen LogP contribution in [0.25, 0.3) is 0 Å². The summed E-state index contributed by atoms with van der Waals surface area (Å²) in [4.78, 5) is 0. The normalized spacial score (nSPS) is 15.2. The van der Waals surface area contributed by atoms with Crippen LogP contribution in [0.3, 0.4) is 0 Å². The zero-order chi connectivity index (χ0) is 11.5. The summed E-state index contributed by atoms with van der Waals surface area (Å²) in [6, 6.07) is 0.363. The molecule has 0 aliphatic carbocycles.